The molecule has 1 amide bonds. The maximum Gasteiger partial charge on any atom is 0.275 e. The Morgan fingerprint density at radius 2 is 2.08 bits per heavy atom. The van der Waals surface area contributed by atoms with Gasteiger partial charge >= 0.3 is 0 Å². The van der Waals surface area contributed by atoms with Crippen LogP contribution in [0.4, 0.5) is 0 Å². The highest BCUT2D eigenvalue weighted by molar-refractivity contribution is 5.95. The van der Waals surface area contributed by atoms with Gasteiger partial charge in [-0.25, -0.2) is 4.68 Å². The van der Waals surface area contributed by atoms with E-state index < -0.39 is 0 Å². The smallest absolute Gasteiger partial charge is 0.275 e. The summed E-state index contributed by atoms with van der Waals surface area (Å²) >= 11 is 0. The Morgan fingerprint density at radius 3 is 2.68 bits per heavy atom. The third-order valence-corrected chi connectivity index (χ3v) is 4.25. The number of rotatable bonds is 8. The molecule has 3 N–H and O–H groups in total. The minimum Gasteiger partial charge on any atom is -0.489 e. The normalized spacial score (nSPS) is 15.2. The molecule has 1 saturated carbocycles. The van der Waals surface area contributed by atoms with Crippen LogP contribution >= 0.6 is 0 Å². The van der Waals surface area contributed by atoms with E-state index in [4.69, 9.17) is 10.5 Å². The third-order valence-electron chi connectivity index (χ3n) is 4.25. The van der Waals surface area contributed by atoms with Gasteiger partial charge in [-0.3, -0.25) is 4.79 Å². The number of amides is 1. The molecule has 0 saturated heterocycles. The lowest BCUT2D eigenvalue weighted by atomic mass is 10.2. The molecule has 6 nitrogen and oxygen atoms in total. The predicted molar refractivity (Wildman–Crippen MR) is 96.9 cm³/mol. The Morgan fingerprint density at radius 1 is 1.36 bits per heavy atom. The molecule has 1 aromatic carbocycles. The molecule has 1 aromatic heterocycles. The summed E-state index contributed by atoms with van der Waals surface area (Å²) in [5.74, 6) is 1.13. The predicted octanol–water partition coefficient (Wildman–Crippen LogP) is 2.37. The first kappa shape index (κ1) is 17.5. The molecule has 1 aliphatic rings. The number of hydrogen-bond acceptors (Lipinski definition) is 4. The van der Waals surface area contributed by atoms with Crippen molar-refractivity contribution in [1.82, 2.24) is 15.1 Å². The third kappa shape index (κ3) is 4.39. The fraction of sp³-hybridized carbons (Fsp3) is 0.474. The number of ether oxygens (including phenoxy) is 1. The van der Waals surface area contributed by atoms with Crippen molar-refractivity contribution in [3.05, 3.63) is 42.2 Å². The molecular formula is C19H26N4O2. The van der Waals surface area contributed by atoms with Gasteiger partial charge in [0.15, 0.2) is 11.4 Å². The summed E-state index contributed by atoms with van der Waals surface area (Å²) in [5, 5.41) is 7.48. The van der Waals surface area contributed by atoms with Crippen molar-refractivity contribution in [3.8, 4) is 11.4 Å². The lowest BCUT2D eigenvalue weighted by molar-refractivity contribution is 0.0923. The second-order valence-corrected chi connectivity index (χ2v) is 6.98. The van der Waals surface area contributed by atoms with Crippen LogP contribution < -0.4 is 15.8 Å². The van der Waals surface area contributed by atoms with E-state index in [2.05, 4.69) is 24.3 Å². The summed E-state index contributed by atoms with van der Waals surface area (Å²) in [4.78, 5) is 12.7. The Bertz CT molecular complexity index is 707. The number of aromatic nitrogens is 2. The van der Waals surface area contributed by atoms with Crippen molar-refractivity contribution in [2.75, 3.05) is 13.2 Å². The molecule has 25 heavy (non-hydrogen) atoms. The Balaban J connectivity index is 1.84. The van der Waals surface area contributed by atoms with E-state index in [0.717, 1.165) is 18.5 Å². The molecule has 2 aromatic rings. The summed E-state index contributed by atoms with van der Waals surface area (Å²) in [6.07, 6.45) is 4.01. The number of carbonyl (C=O) groups excluding carboxylic acids is 1. The van der Waals surface area contributed by atoms with Crippen LogP contribution in [0, 0.1) is 11.8 Å². The minimum atomic E-state index is -0.226. The molecular weight excluding hydrogens is 316 g/mol. The number of hydrogen-bond donors (Lipinski definition) is 2. The van der Waals surface area contributed by atoms with Crippen LogP contribution in [0.3, 0.4) is 0 Å². The number of benzene rings is 1. The molecule has 0 bridgehead atoms. The molecule has 0 aliphatic heterocycles. The van der Waals surface area contributed by atoms with E-state index in [1.165, 1.54) is 0 Å². The average Bonchev–Trinajstić information content (AvgIpc) is 3.37. The van der Waals surface area contributed by atoms with Crippen molar-refractivity contribution in [3.63, 3.8) is 0 Å². The number of nitrogens with one attached hydrogen (secondary N) is 1. The Hall–Kier alpha value is -2.34. The van der Waals surface area contributed by atoms with Gasteiger partial charge in [-0.05, 0) is 36.8 Å². The zero-order valence-electron chi connectivity index (χ0n) is 14.8. The van der Waals surface area contributed by atoms with Gasteiger partial charge in [0.2, 0.25) is 0 Å². The second-order valence-electron chi connectivity index (χ2n) is 6.98. The second kappa shape index (κ2) is 7.70. The Kier molecular flexibility index (Phi) is 5.38. The largest absolute Gasteiger partial charge is 0.489 e. The summed E-state index contributed by atoms with van der Waals surface area (Å²) in [7, 11) is 0. The van der Waals surface area contributed by atoms with Crippen molar-refractivity contribution in [2.45, 2.75) is 32.7 Å². The van der Waals surface area contributed by atoms with Crippen LogP contribution in [0.15, 0.2) is 36.5 Å². The van der Waals surface area contributed by atoms with E-state index >= 15 is 0 Å². The van der Waals surface area contributed by atoms with Crippen molar-refractivity contribution in [1.29, 1.82) is 0 Å². The molecule has 3 rings (SSSR count). The molecule has 134 valence electrons. The zero-order chi connectivity index (χ0) is 17.8. The van der Waals surface area contributed by atoms with Crippen LogP contribution in [0.5, 0.6) is 5.75 Å². The first-order chi connectivity index (χ1) is 12.1. The highest BCUT2D eigenvalue weighted by Gasteiger charge is 2.32. The van der Waals surface area contributed by atoms with Crippen LogP contribution in [0.25, 0.3) is 5.69 Å². The molecule has 1 fully saturated rings. The van der Waals surface area contributed by atoms with E-state index in [9.17, 15) is 4.79 Å². The standard InChI is InChI=1S/C19H26N4O2/c1-13(2)12-25-17-11-23(15-6-4-3-5-7-15)22-18(17)19(24)21-16(10-20)14-8-9-14/h3-7,11,13-14,16H,8-10,12,20H2,1-2H3,(H,21,24). The number of nitrogens with two attached hydrogens (primary N) is 1. The monoisotopic (exact) mass is 342 g/mol. The topological polar surface area (TPSA) is 82.2 Å². The van der Waals surface area contributed by atoms with Crippen LogP contribution in [0.2, 0.25) is 0 Å². The van der Waals surface area contributed by atoms with Crippen molar-refractivity contribution >= 4 is 5.91 Å². The number of carbonyl (C=O) groups is 1. The van der Waals surface area contributed by atoms with E-state index in [1.54, 1.807) is 10.9 Å². The summed E-state index contributed by atoms with van der Waals surface area (Å²) in [5.41, 5.74) is 6.99. The molecule has 6 heteroatoms. The molecule has 1 unspecified atom stereocenters. The van der Waals surface area contributed by atoms with Gasteiger partial charge in [0.05, 0.1) is 18.5 Å². The average molecular weight is 342 g/mol. The van der Waals surface area contributed by atoms with Gasteiger partial charge in [-0.15, -0.1) is 0 Å². The maximum atomic E-state index is 12.7. The maximum absolute atomic E-state index is 12.7. The lowest BCUT2D eigenvalue weighted by Gasteiger charge is -2.15. The summed E-state index contributed by atoms with van der Waals surface area (Å²) in [6, 6.07) is 9.69. The molecule has 1 heterocycles. The van der Waals surface area contributed by atoms with E-state index in [-0.39, 0.29) is 11.9 Å². The van der Waals surface area contributed by atoms with Gasteiger partial charge in [-0.2, -0.15) is 5.10 Å². The first-order valence-corrected chi connectivity index (χ1v) is 8.87. The van der Waals surface area contributed by atoms with Gasteiger partial charge in [-0.1, -0.05) is 32.0 Å². The summed E-state index contributed by atoms with van der Waals surface area (Å²) < 4.78 is 7.52. The highest BCUT2D eigenvalue weighted by Crippen LogP contribution is 2.32. The minimum absolute atomic E-state index is 0.00678. The molecule has 1 atom stereocenters. The zero-order valence-corrected chi connectivity index (χ0v) is 14.8. The molecule has 0 spiro atoms. The number of nitrogens with zero attached hydrogens (tertiary/aromatic N) is 2. The van der Waals surface area contributed by atoms with Crippen LogP contribution in [0.1, 0.15) is 37.2 Å². The molecule has 0 radical (unpaired) electrons. The van der Waals surface area contributed by atoms with Gasteiger partial charge < -0.3 is 15.8 Å². The quantitative estimate of drug-likeness (QED) is 0.772. The van der Waals surface area contributed by atoms with Gasteiger partial charge in [0.1, 0.15) is 0 Å². The van der Waals surface area contributed by atoms with Crippen molar-refractivity contribution < 1.29 is 9.53 Å². The van der Waals surface area contributed by atoms with Gasteiger partial charge in [0.25, 0.3) is 5.91 Å². The van der Waals surface area contributed by atoms with Crippen LogP contribution in [-0.4, -0.2) is 34.9 Å². The molecule has 1 aliphatic carbocycles. The fourth-order valence-electron chi connectivity index (χ4n) is 2.70. The Labute approximate surface area is 148 Å². The van der Waals surface area contributed by atoms with Crippen LogP contribution in [-0.2, 0) is 0 Å². The first-order valence-electron chi connectivity index (χ1n) is 8.87. The fourth-order valence-corrected chi connectivity index (χ4v) is 2.70. The van der Waals surface area contributed by atoms with E-state index in [1.807, 2.05) is 30.3 Å². The van der Waals surface area contributed by atoms with E-state index in [0.29, 0.717) is 36.4 Å². The van der Waals surface area contributed by atoms with Gasteiger partial charge in [0, 0.05) is 12.6 Å². The van der Waals surface area contributed by atoms with Crippen molar-refractivity contribution in [2.24, 2.45) is 17.6 Å². The SMILES string of the molecule is CC(C)COc1cn(-c2ccccc2)nc1C(=O)NC(CN)C1CC1. The lowest BCUT2D eigenvalue weighted by Crippen LogP contribution is -2.42. The summed E-state index contributed by atoms with van der Waals surface area (Å²) in [6.45, 7) is 5.11. The number of para-hydroxylation sites is 1. The highest BCUT2D eigenvalue weighted by atomic mass is 16.5.